The number of benzene rings is 4. The number of nitrogens with zero attached hydrogens (tertiary/aromatic N) is 7. The minimum atomic E-state index is -1.17. The van der Waals surface area contributed by atoms with Crippen LogP contribution in [0.2, 0.25) is 0 Å². The maximum absolute atomic E-state index is 10.2. The smallest absolute Gasteiger partial charge is 0.335 e. The van der Waals surface area contributed by atoms with E-state index >= 15 is 0 Å². The van der Waals surface area contributed by atoms with E-state index in [1.165, 1.54) is 210 Å². The number of aromatic nitrogens is 2. The molecule has 0 bridgehead atoms. The molecule has 4 aliphatic rings. The number of aromatic carboxylic acids is 1. The van der Waals surface area contributed by atoms with Gasteiger partial charge in [0.2, 0.25) is 6.29 Å². The Labute approximate surface area is 799 Å². The Morgan fingerprint density at radius 2 is 0.848 bits per heavy atom. The van der Waals surface area contributed by atoms with Crippen molar-refractivity contribution in [3.05, 3.63) is 127 Å². The zero-order valence-corrected chi connectivity index (χ0v) is 83.8. The van der Waals surface area contributed by atoms with E-state index in [1.807, 2.05) is 54.6 Å². The Bertz CT molecular complexity index is 3200. The molecule has 0 radical (unpaired) electrons. The summed E-state index contributed by atoms with van der Waals surface area (Å²) >= 11 is 0. The molecule has 4 aromatic carbocycles. The van der Waals surface area contributed by atoms with Crippen LogP contribution in [0, 0.1) is 0 Å². The molecule has 1 aromatic heterocycles. The number of quaternary nitrogens is 2. The molecule has 2 saturated carbocycles. The van der Waals surface area contributed by atoms with Gasteiger partial charge < -0.3 is 102 Å². The zero-order chi connectivity index (χ0) is 95.4. The molecule has 0 unspecified atom stereocenters. The highest BCUT2D eigenvalue weighted by Gasteiger charge is 2.30. The molecule has 2 aliphatic carbocycles. The highest BCUT2D eigenvalue weighted by atomic mass is 16.6. The van der Waals surface area contributed by atoms with Crippen molar-refractivity contribution in [1.82, 2.24) is 30.0 Å². The first-order valence-electron chi connectivity index (χ1n) is 51.4. The quantitative estimate of drug-likeness (QED) is 0.00590. The molecule has 756 valence electrons. The molecule has 5 aromatic rings. The average Bonchev–Trinajstić information content (AvgIpc) is 1.65. The van der Waals surface area contributed by atoms with Crippen LogP contribution in [0.3, 0.4) is 0 Å². The number of morpholine rings is 2. The molecule has 26 heteroatoms. The maximum Gasteiger partial charge on any atom is 0.335 e. The number of methoxy groups -OCH3 is 1. The van der Waals surface area contributed by atoms with Gasteiger partial charge in [0.1, 0.15) is 12.4 Å². The summed E-state index contributed by atoms with van der Waals surface area (Å²) < 4.78 is 55.3. The largest absolute Gasteiger partial charge is 0.478 e. The summed E-state index contributed by atoms with van der Waals surface area (Å²) in [6.07, 6.45) is 35.1. The zero-order valence-electron chi connectivity index (χ0n) is 83.8. The summed E-state index contributed by atoms with van der Waals surface area (Å²) in [4.78, 5) is 30.7. The van der Waals surface area contributed by atoms with Crippen molar-refractivity contribution in [2.45, 2.75) is 247 Å². The summed E-state index contributed by atoms with van der Waals surface area (Å²) in [6.45, 7) is 44.8. The Morgan fingerprint density at radius 1 is 0.455 bits per heavy atom. The molecule has 26 nitrogen and oxygen atoms in total. The molecule has 4 fully saturated rings. The third kappa shape index (κ3) is 60.6. The summed E-state index contributed by atoms with van der Waals surface area (Å²) in [7, 11) is 1.66. The van der Waals surface area contributed by atoms with Crippen molar-refractivity contribution in [3.8, 4) is 33.9 Å². The number of carbonyl (C=O) groups is 1. The molecular weight excluding hydrogens is 1670 g/mol. The van der Waals surface area contributed by atoms with Gasteiger partial charge in [-0.1, -0.05) is 241 Å². The first-order valence-corrected chi connectivity index (χ1v) is 51.4. The van der Waals surface area contributed by atoms with E-state index in [0.29, 0.717) is 117 Å². The standard InChI is InChI=1S/C21H16N2.C17H31N3O.C17H38NO2.C16H36N.C15H33NO7.C13H27NO5.C7H6O2/c1-4-10-16(11-5-1)19-20(17-12-6-2-7-13-17)23-21(22-19)18-14-8-3-9-15-18;1-3-7-15(8-4-1)18-17(20-11-13-21-14-12-20)19-16-9-5-2-6-10-16;1-4-7-10-13-18(16-17(19)20,14-11-8-5-2)15-12-9-6-3;1-5-9-13-17(14-10-6-2,15-11-7-3)16-12-8-4;17-5-1-2-16(3-8-20-12-14-22-10-6-18)4-9-21-13-15-23-11-7-19;1-15-8-9-18-12-13-19-11-10-17-7-4-14-2-5-16-6-3-14;8-7(9)6-4-2-1-3-5-6/h1-15H,(H,22,23);15-16H,1-14H2,(H,18,19);17,19-20H,4-16H2,1-3H3;5-16H2,1-4H3;17-19H,1-15H2;2-13H2,1H3;1-5H,(H,8,9)/q;;2*+1;;;. The first kappa shape index (κ1) is 120. The molecule has 0 amide bonds. The normalized spacial score (nSPS) is 14.6. The number of H-pyrrole nitrogens is 1. The van der Waals surface area contributed by atoms with Crippen molar-refractivity contribution < 1.29 is 91.8 Å². The molecule has 9 rings (SSSR count). The van der Waals surface area contributed by atoms with Gasteiger partial charge >= 0.3 is 5.97 Å². The predicted octanol–water partition coefficient (Wildman–Crippen LogP) is 17.1. The Balaban J connectivity index is 0.000000401. The van der Waals surface area contributed by atoms with Crippen molar-refractivity contribution >= 4 is 11.9 Å². The van der Waals surface area contributed by atoms with Gasteiger partial charge in [0, 0.05) is 88.8 Å². The molecule has 3 heterocycles. The van der Waals surface area contributed by atoms with Gasteiger partial charge in [-0.15, -0.1) is 0 Å². The average molecular weight is 1860 g/mol. The number of hydrogen-bond acceptors (Lipinski definition) is 20. The van der Waals surface area contributed by atoms with E-state index in [2.05, 4.69) is 110 Å². The lowest BCUT2D eigenvalue weighted by molar-refractivity contribution is -0.934. The second-order valence-corrected chi connectivity index (χ2v) is 34.9. The molecule has 132 heavy (non-hydrogen) atoms. The highest BCUT2D eigenvalue weighted by Crippen LogP contribution is 2.33. The van der Waals surface area contributed by atoms with Crippen LogP contribution in [-0.4, -0.2) is 352 Å². The van der Waals surface area contributed by atoms with Gasteiger partial charge in [-0.2, -0.15) is 0 Å². The number of carboxylic acids is 1. The van der Waals surface area contributed by atoms with Gasteiger partial charge in [-0.05, 0) is 108 Å². The van der Waals surface area contributed by atoms with E-state index in [-0.39, 0.29) is 19.8 Å². The van der Waals surface area contributed by atoms with Crippen LogP contribution in [0.4, 0.5) is 0 Å². The van der Waals surface area contributed by atoms with Crippen LogP contribution < -0.4 is 5.32 Å². The molecule has 0 spiro atoms. The number of aliphatic hydroxyl groups is 5. The number of aliphatic hydroxyl groups excluding tert-OH is 4. The lowest BCUT2D eigenvalue weighted by Crippen LogP contribution is -2.54. The molecule has 2 aliphatic heterocycles. The fourth-order valence-electron chi connectivity index (χ4n) is 16.3. The number of aliphatic imine (C=N–C) groups is 1. The number of nitrogens with one attached hydrogen (secondary N) is 2. The van der Waals surface area contributed by atoms with Gasteiger partial charge in [-0.25, -0.2) is 14.8 Å². The minimum Gasteiger partial charge on any atom is -0.478 e. The number of hydrogen-bond donors (Lipinski definition) is 8. The van der Waals surface area contributed by atoms with Gasteiger partial charge in [-0.3, -0.25) is 9.80 Å². The van der Waals surface area contributed by atoms with Gasteiger partial charge in [0.15, 0.2) is 5.96 Å². The second kappa shape index (κ2) is 84.4. The SMILES string of the molecule is C1CCC(N=C(NC2CCCCC2)N2CCOCC2)CC1.CCCCC[N+](CCCCC)(CCCCC)CC(O)O.CCCC[N+](CCCC)(CCCC)CCCC.COCCOCCOCCOCCN1CCOCC1.O=C(O)c1ccccc1.OCCCN(CCOCCOCCO)CCOCCOCCO.c1ccc(-c2nc(-c3ccccc3)c(-c3ccccc3)[nH]2)cc1. The van der Waals surface area contributed by atoms with Crippen LogP contribution in [0.25, 0.3) is 33.9 Å². The van der Waals surface area contributed by atoms with E-state index in [9.17, 15) is 15.0 Å². The summed E-state index contributed by atoms with van der Waals surface area (Å²) in [5.41, 5.74) is 5.71. The number of rotatable bonds is 63. The lowest BCUT2D eigenvalue weighted by atomic mass is 9.95. The molecular formula is C106H187N9O17+2. The topological polar surface area (TPSA) is 294 Å². The van der Waals surface area contributed by atoms with E-state index in [4.69, 9.17) is 77.8 Å². The monoisotopic (exact) mass is 1860 g/mol. The van der Waals surface area contributed by atoms with Crippen molar-refractivity contribution in [2.24, 2.45) is 4.99 Å². The number of ether oxygens (including phenoxy) is 10. The van der Waals surface area contributed by atoms with Gasteiger partial charge in [0.25, 0.3) is 0 Å². The predicted molar refractivity (Wildman–Crippen MR) is 538 cm³/mol. The molecule has 0 atom stereocenters. The minimum absolute atomic E-state index is 0.0278. The fourth-order valence-corrected chi connectivity index (χ4v) is 16.3. The molecule has 2 saturated heterocycles. The summed E-state index contributed by atoms with van der Waals surface area (Å²) in [5, 5.41) is 57.2. The summed E-state index contributed by atoms with van der Waals surface area (Å²) in [6, 6.07) is 40.3. The van der Waals surface area contributed by atoms with E-state index < -0.39 is 12.3 Å². The van der Waals surface area contributed by atoms with E-state index in [0.717, 1.165) is 150 Å². The molecule has 8 N–H and O–H groups in total. The van der Waals surface area contributed by atoms with Crippen molar-refractivity contribution in [2.75, 3.05) is 257 Å². The van der Waals surface area contributed by atoms with E-state index in [1.54, 1.807) is 37.4 Å². The van der Waals surface area contributed by atoms with Crippen LogP contribution in [0.1, 0.15) is 239 Å². The third-order valence-electron chi connectivity index (χ3n) is 24.0. The number of aromatic amines is 1. The first-order chi connectivity index (χ1) is 64.8. The van der Waals surface area contributed by atoms with Crippen LogP contribution in [-0.2, 0) is 47.4 Å². The van der Waals surface area contributed by atoms with Gasteiger partial charge in [0.05, 0.1) is 208 Å². The Hall–Kier alpha value is -5.93. The van der Waals surface area contributed by atoms with Crippen LogP contribution in [0.5, 0.6) is 0 Å². The van der Waals surface area contributed by atoms with Crippen molar-refractivity contribution in [3.63, 3.8) is 0 Å². The second-order valence-electron chi connectivity index (χ2n) is 34.9. The lowest BCUT2D eigenvalue weighted by Gasteiger charge is -2.39. The third-order valence-corrected chi connectivity index (χ3v) is 24.0. The number of carboxylic acid groups (broad SMARTS) is 1. The number of guanidine groups is 1. The summed E-state index contributed by atoms with van der Waals surface area (Å²) in [5.74, 6) is 1.19. The highest BCUT2D eigenvalue weighted by molar-refractivity contribution is 5.87. The fraction of sp³-hybridized carbons (Fsp3) is 0.726. The number of unbranched alkanes of at least 4 members (excludes halogenated alkanes) is 10. The van der Waals surface area contributed by atoms with Crippen molar-refractivity contribution in [1.29, 1.82) is 0 Å². The maximum atomic E-state index is 10.2. The van der Waals surface area contributed by atoms with Crippen LogP contribution >= 0.6 is 0 Å². The Morgan fingerprint density at radius 3 is 1.27 bits per heavy atom. The number of imidazole rings is 1. The van der Waals surface area contributed by atoms with Crippen LogP contribution in [0.15, 0.2) is 126 Å². The Kier molecular flexibility index (Phi) is 76.8.